The molecule has 0 bridgehead atoms. The quantitative estimate of drug-likeness (QED) is 0.619. The van der Waals surface area contributed by atoms with Gasteiger partial charge in [-0.25, -0.2) is 0 Å². The molecule has 0 N–H and O–H groups in total. The van der Waals surface area contributed by atoms with Crippen LogP contribution in [-0.4, -0.2) is 26.0 Å². The Labute approximate surface area is 105 Å². The van der Waals surface area contributed by atoms with E-state index in [0.717, 1.165) is 6.42 Å². The Hall–Kier alpha value is 1.48. The van der Waals surface area contributed by atoms with E-state index in [0.29, 0.717) is 0 Å². The molecule has 0 aromatic heterocycles. The summed E-state index contributed by atoms with van der Waals surface area (Å²) in [4.78, 5) is 2.00. The topological polar surface area (TPSA) is 3.24 Å². The fourth-order valence-corrected chi connectivity index (χ4v) is 0.393. The molecule has 1 aliphatic carbocycles. The minimum atomic E-state index is -3.29. The Morgan fingerprint density at radius 2 is 1.14 bits per heavy atom. The van der Waals surface area contributed by atoms with Crippen molar-refractivity contribution in [3.8, 4) is 0 Å². The molecule has 0 spiro atoms. The van der Waals surface area contributed by atoms with Crippen LogP contribution in [0.15, 0.2) is 24.3 Å². The van der Waals surface area contributed by atoms with E-state index in [1.54, 1.807) is 0 Å². The van der Waals surface area contributed by atoms with E-state index >= 15 is 0 Å². The summed E-state index contributed by atoms with van der Waals surface area (Å²) in [5.74, 6) is 0. The number of rotatable bonds is 0. The Kier molecular flexibility index (Phi) is 14.0. The predicted molar refractivity (Wildman–Crippen MR) is 65.9 cm³/mol. The van der Waals surface area contributed by atoms with Crippen LogP contribution < -0.4 is 0 Å². The van der Waals surface area contributed by atoms with E-state index in [2.05, 4.69) is 24.3 Å². The molecule has 0 atom stereocenters. The number of allylic oxidation sites excluding steroid dienone is 4. The monoisotopic (exact) mass is 355 g/mol. The first-order valence-corrected chi connectivity index (χ1v) is 16.6. The predicted octanol–water partition coefficient (Wildman–Crippen LogP) is 4.44. The average molecular weight is 358 g/mol. The molecule has 1 rings (SSSR count). The number of hydrogen-bond acceptors (Lipinski definition) is 1. The van der Waals surface area contributed by atoms with Gasteiger partial charge in [-0.1, -0.05) is 24.3 Å². The maximum absolute atomic E-state index is 5.04. The van der Waals surface area contributed by atoms with Crippen LogP contribution in [-0.2, 0) is 15.5 Å². The summed E-state index contributed by atoms with van der Waals surface area (Å²) < 4.78 is 0. The summed E-state index contributed by atoms with van der Waals surface area (Å²) in [6, 6.07) is 0. The van der Waals surface area contributed by atoms with Gasteiger partial charge < -0.3 is 4.90 Å². The van der Waals surface area contributed by atoms with Crippen LogP contribution in [0.25, 0.3) is 0 Å². The SMILES string of the molecule is C1=CCC=C1.CN(C)C.[Cl][Zr]([Cl])([Cl])[Cl]. The molecule has 0 amide bonds. The molecule has 0 aromatic carbocycles. The van der Waals surface area contributed by atoms with Crippen molar-refractivity contribution in [2.45, 2.75) is 6.42 Å². The third-order valence-electron chi connectivity index (χ3n) is 0.655. The zero-order chi connectivity index (χ0) is 11.6. The first-order valence-electron chi connectivity index (χ1n) is 3.91. The average Bonchev–Trinajstić information content (AvgIpc) is 2.32. The number of hydrogen-bond donors (Lipinski definition) is 0. The first-order chi connectivity index (χ1) is 6.23. The maximum atomic E-state index is 5.04. The van der Waals surface area contributed by atoms with Crippen molar-refractivity contribution in [1.82, 2.24) is 4.90 Å². The molecule has 0 aliphatic heterocycles. The van der Waals surface area contributed by atoms with E-state index in [1.807, 2.05) is 26.0 Å². The summed E-state index contributed by atoms with van der Waals surface area (Å²) in [6.07, 6.45) is 9.50. The van der Waals surface area contributed by atoms with Crippen molar-refractivity contribution in [2.24, 2.45) is 0 Å². The van der Waals surface area contributed by atoms with Gasteiger partial charge in [0.25, 0.3) is 0 Å². The van der Waals surface area contributed by atoms with E-state index in [4.69, 9.17) is 34.1 Å². The summed E-state index contributed by atoms with van der Waals surface area (Å²) >= 11 is -3.29. The van der Waals surface area contributed by atoms with Crippen molar-refractivity contribution in [1.29, 1.82) is 0 Å². The second-order valence-corrected chi connectivity index (χ2v) is 25.3. The molecular formula is C8H15Cl4NZr. The molecule has 84 valence electrons. The molecule has 1 nitrogen and oxygen atoms in total. The van der Waals surface area contributed by atoms with Crippen molar-refractivity contribution in [2.75, 3.05) is 21.1 Å². The van der Waals surface area contributed by atoms with Gasteiger partial charge >= 0.3 is 49.5 Å². The standard InChI is InChI=1S/C5H6.C3H9N.4ClH.Zr/c1-2-4-5-3-1;1-4(2)3;;;;;/h1-4H,5H2;1-3H3;4*1H;/q;;;;;;+4/p-4. The van der Waals surface area contributed by atoms with Gasteiger partial charge in [0.2, 0.25) is 0 Å². The molecule has 0 saturated carbocycles. The van der Waals surface area contributed by atoms with Gasteiger partial charge in [-0.2, -0.15) is 0 Å². The second kappa shape index (κ2) is 11.0. The van der Waals surface area contributed by atoms with Gasteiger partial charge in [-0.15, -0.1) is 0 Å². The van der Waals surface area contributed by atoms with Gasteiger partial charge in [0, 0.05) is 0 Å². The fraction of sp³-hybridized carbons (Fsp3) is 0.500. The van der Waals surface area contributed by atoms with Crippen molar-refractivity contribution in [3.63, 3.8) is 0 Å². The van der Waals surface area contributed by atoms with Crippen LogP contribution in [0, 0.1) is 0 Å². The summed E-state index contributed by atoms with van der Waals surface area (Å²) in [7, 11) is 26.1. The third kappa shape index (κ3) is 50.0. The summed E-state index contributed by atoms with van der Waals surface area (Å²) in [5, 5.41) is 0. The molecule has 1 aliphatic rings. The number of halogens is 4. The van der Waals surface area contributed by atoms with Gasteiger partial charge in [-0.3, -0.25) is 0 Å². The van der Waals surface area contributed by atoms with Gasteiger partial charge in [-0.05, 0) is 27.6 Å². The van der Waals surface area contributed by atoms with Gasteiger partial charge in [0.1, 0.15) is 0 Å². The van der Waals surface area contributed by atoms with Crippen LogP contribution >= 0.6 is 34.1 Å². The van der Waals surface area contributed by atoms with Crippen LogP contribution in [0.1, 0.15) is 6.42 Å². The minimum absolute atomic E-state index is 1.14. The third-order valence-corrected chi connectivity index (χ3v) is 0.655. The van der Waals surface area contributed by atoms with Crippen LogP contribution in [0.5, 0.6) is 0 Å². The van der Waals surface area contributed by atoms with E-state index in [-0.39, 0.29) is 0 Å². The van der Waals surface area contributed by atoms with Crippen molar-refractivity contribution in [3.05, 3.63) is 24.3 Å². The summed E-state index contributed by atoms with van der Waals surface area (Å²) in [5.41, 5.74) is 0. The zero-order valence-corrected chi connectivity index (χ0v) is 14.0. The Bertz CT molecular complexity index is 156. The Morgan fingerprint density at radius 3 is 1.21 bits per heavy atom. The van der Waals surface area contributed by atoms with Gasteiger partial charge in [0.05, 0.1) is 0 Å². The molecule has 0 fully saturated rings. The van der Waals surface area contributed by atoms with Crippen LogP contribution in [0.3, 0.4) is 0 Å². The molecule has 0 aromatic rings. The van der Waals surface area contributed by atoms with E-state index < -0.39 is 15.5 Å². The number of nitrogens with zero attached hydrogens (tertiary/aromatic N) is 1. The molecular weight excluding hydrogens is 343 g/mol. The normalized spacial score (nSPS) is 13.1. The van der Waals surface area contributed by atoms with E-state index in [9.17, 15) is 0 Å². The van der Waals surface area contributed by atoms with E-state index in [1.165, 1.54) is 0 Å². The van der Waals surface area contributed by atoms with Crippen LogP contribution in [0.4, 0.5) is 0 Å². The summed E-state index contributed by atoms with van der Waals surface area (Å²) in [6.45, 7) is 0. The Morgan fingerprint density at radius 1 is 0.929 bits per heavy atom. The zero-order valence-electron chi connectivity index (χ0n) is 8.48. The first kappa shape index (κ1) is 17.9. The second-order valence-electron chi connectivity index (χ2n) is 2.86. The molecule has 0 heterocycles. The molecule has 14 heavy (non-hydrogen) atoms. The van der Waals surface area contributed by atoms with Crippen molar-refractivity contribution >= 4 is 34.1 Å². The molecule has 6 heteroatoms. The Balaban J connectivity index is 0. The molecule has 0 saturated heterocycles. The van der Waals surface area contributed by atoms with Crippen LogP contribution in [0.2, 0.25) is 0 Å². The van der Waals surface area contributed by atoms with Gasteiger partial charge in [0.15, 0.2) is 0 Å². The van der Waals surface area contributed by atoms with Crippen molar-refractivity contribution < 1.29 is 15.5 Å². The molecule has 0 radical (unpaired) electrons. The fourth-order valence-electron chi connectivity index (χ4n) is 0.393. The molecule has 0 unspecified atom stereocenters.